The highest BCUT2D eigenvalue weighted by atomic mass is 16.5. The van der Waals surface area contributed by atoms with Crippen molar-refractivity contribution in [1.29, 1.82) is 0 Å². The highest BCUT2D eigenvalue weighted by Crippen LogP contribution is 2.19. The molecule has 0 radical (unpaired) electrons. The van der Waals surface area contributed by atoms with Gasteiger partial charge >= 0.3 is 0 Å². The van der Waals surface area contributed by atoms with Crippen molar-refractivity contribution in [2.75, 3.05) is 0 Å². The summed E-state index contributed by atoms with van der Waals surface area (Å²) in [5.41, 5.74) is 1.13. The molecule has 0 saturated carbocycles. The fourth-order valence-corrected chi connectivity index (χ4v) is 1.90. The standard InChI is InChI=1S/C14H16N2O2/c1-3-12(10(2)17)14-15-13(16-18-14)9-11-7-5-4-6-8-11/h4-8,12H,3,9H2,1-2H3. The Morgan fingerprint density at radius 1 is 1.33 bits per heavy atom. The van der Waals surface area contributed by atoms with Crippen molar-refractivity contribution in [3.63, 3.8) is 0 Å². The molecule has 1 atom stereocenters. The van der Waals surface area contributed by atoms with E-state index in [1.165, 1.54) is 0 Å². The highest BCUT2D eigenvalue weighted by Gasteiger charge is 2.21. The third-order valence-corrected chi connectivity index (χ3v) is 2.89. The van der Waals surface area contributed by atoms with E-state index in [9.17, 15) is 4.79 Å². The molecule has 2 aromatic rings. The SMILES string of the molecule is CCC(C(C)=O)c1nc(Cc2ccccc2)no1. The van der Waals surface area contributed by atoms with Crippen LogP contribution in [0.5, 0.6) is 0 Å². The zero-order valence-electron chi connectivity index (χ0n) is 10.6. The van der Waals surface area contributed by atoms with Crippen molar-refractivity contribution in [2.24, 2.45) is 0 Å². The number of Topliss-reactive ketones (excluding diaryl/α,β-unsaturated/α-hetero) is 1. The molecular formula is C14H16N2O2. The Hall–Kier alpha value is -1.97. The lowest BCUT2D eigenvalue weighted by molar-refractivity contribution is -0.119. The van der Waals surface area contributed by atoms with Crippen LogP contribution in [-0.2, 0) is 11.2 Å². The lowest BCUT2D eigenvalue weighted by Crippen LogP contribution is -2.08. The number of hydrogen-bond acceptors (Lipinski definition) is 4. The second kappa shape index (κ2) is 5.58. The minimum atomic E-state index is -0.276. The second-order valence-electron chi connectivity index (χ2n) is 4.28. The van der Waals surface area contributed by atoms with Crippen LogP contribution in [0.25, 0.3) is 0 Å². The largest absolute Gasteiger partial charge is 0.339 e. The minimum Gasteiger partial charge on any atom is -0.339 e. The predicted molar refractivity (Wildman–Crippen MR) is 67.3 cm³/mol. The van der Waals surface area contributed by atoms with E-state index in [0.717, 1.165) is 5.56 Å². The summed E-state index contributed by atoms with van der Waals surface area (Å²) < 4.78 is 5.17. The first-order chi connectivity index (χ1) is 8.70. The van der Waals surface area contributed by atoms with Crippen molar-refractivity contribution in [3.05, 3.63) is 47.6 Å². The van der Waals surface area contributed by atoms with Crippen LogP contribution >= 0.6 is 0 Å². The summed E-state index contributed by atoms with van der Waals surface area (Å²) in [6, 6.07) is 9.94. The van der Waals surface area contributed by atoms with E-state index in [-0.39, 0.29) is 11.7 Å². The van der Waals surface area contributed by atoms with Crippen LogP contribution in [-0.4, -0.2) is 15.9 Å². The van der Waals surface area contributed by atoms with Crippen molar-refractivity contribution in [1.82, 2.24) is 10.1 Å². The summed E-state index contributed by atoms with van der Waals surface area (Å²) in [6.45, 7) is 3.49. The summed E-state index contributed by atoms with van der Waals surface area (Å²) >= 11 is 0. The van der Waals surface area contributed by atoms with E-state index in [2.05, 4.69) is 10.1 Å². The van der Waals surface area contributed by atoms with Gasteiger partial charge < -0.3 is 4.52 Å². The van der Waals surface area contributed by atoms with Gasteiger partial charge in [-0.25, -0.2) is 0 Å². The van der Waals surface area contributed by atoms with Gasteiger partial charge in [0.1, 0.15) is 5.78 Å². The lowest BCUT2D eigenvalue weighted by atomic mass is 10.0. The molecule has 1 unspecified atom stereocenters. The molecule has 4 nitrogen and oxygen atoms in total. The summed E-state index contributed by atoms with van der Waals surface area (Å²) in [6.07, 6.45) is 1.31. The smallest absolute Gasteiger partial charge is 0.237 e. The number of carbonyl (C=O) groups is 1. The van der Waals surface area contributed by atoms with Crippen molar-refractivity contribution >= 4 is 5.78 Å². The molecule has 1 aromatic heterocycles. The zero-order valence-corrected chi connectivity index (χ0v) is 10.6. The van der Waals surface area contributed by atoms with Crippen molar-refractivity contribution < 1.29 is 9.32 Å². The average molecular weight is 244 g/mol. The van der Waals surface area contributed by atoms with E-state index in [4.69, 9.17) is 4.52 Å². The highest BCUT2D eigenvalue weighted by molar-refractivity contribution is 5.82. The molecule has 1 aromatic carbocycles. The van der Waals surface area contributed by atoms with Crippen LogP contribution in [0.3, 0.4) is 0 Å². The van der Waals surface area contributed by atoms with Crippen LogP contribution < -0.4 is 0 Å². The van der Waals surface area contributed by atoms with Gasteiger partial charge in [0.05, 0.1) is 5.92 Å². The summed E-state index contributed by atoms with van der Waals surface area (Å²) in [7, 11) is 0. The monoisotopic (exact) mass is 244 g/mol. The first kappa shape index (κ1) is 12.5. The maximum absolute atomic E-state index is 11.4. The molecule has 0 N–H and O–H groups in total. The van der Waals surface area contributed by atoms with Gasteiger partial charge in [0, 0.05) is 6.42 Å². The van der Waals surface area contributed by atoms with Crippen molar-refractivity contribution in [3.8, 4) is 0 Å². The number of carbonyl (C=O) groups excluding carboxylic acids is 1. The Bertz CT molecular complexity index is 520. The Kier molecular flexibility index (Phi) is 3.87. The number of nitrogens with zero attached hydrogens (tertiary/aromatic N) is 2. The molecule has 4 heteroatoms. The Labute approximate surface area is 106 Å². The van der Waals surface area contributed by atoms with E-state index in [1.54, 1.807) is 6.92 Å². The van der Waals surface area contributed by atoms with Crippen LogP contribution in [0.2, 0.25) is 0 Å². The molecule has 0 aliphatic heterocycles. The minimum absolute atomic E-state index is 0.0624. The normalized spacial score (nSPS) is 12.3. The molecule has 0 aliphatic rings. The summed E-state index contributed by atoms with van der Waals surface area (Å²) in [5.74, 6) is 0.835. The molecule has 0 bridgehead atoms. The molecule has 0 spiro atoms. The van der Waals surface area contributed by atoms with Crippen LogP contribution in [0.1, 0.15) is 43.5 Å². The van der Waals surface area contributed by atoms with Crippen LogP contribution in [0.4, 0.5) is 0 Å². The molecule has 0 amide bonds. The molecule has 2 rings (SSSR count). The van der Waals surface area contributed by atoms with Gasteiger partial charge in [-0.1, -0.05) is 42.4 Å². The first-order valence-electron chi connectivity index (χ1n) is 6.07. The fourth-order valence-electron chi connectivity index (χ4n) is 1.90. The lowest BCUT2D eigenvalue weighted by Gasteiger charge is -2.03. The molecule has 0 fully saturated rings. The van der Waals surface area contributed by atoms with Crippen LogP contribution in [0.15, 0.2) is 34.9 Å². The molecule has 0 aliphatic carbocycles. The summed E-state index contributed by atoms with van der Waals surface area (Å²) in [4.78, 5) is 15.7. The Balaban J connectivity index is 2.13. The van der Waals surface area contributed by atoms with Crippen LogP contribution in [0, 0.1) is 0 Å². The van der Waals surface area contributed by atoms with Gasteiger partial charge in [0.2, 0.25) is 5.89 Å². The molecule has 18 heavy (non-hydrogen) atoms. The number of ketones is 1. The van der Waals surface area contributed by atoms with E-state index >= 15 is 0 Å². The van der Waals surface area contributed by atoms with E-state index < -0.39 is 0 Å². The Morgan fingerprint density at radius 3 is 2.67 bits per heavy atom. The second-order valence-corrected chi connectivity index (χ2v) is 4.28. The zero-order chi connectivity index (χ0) is 13.0. The number of benzene rings is 1. The average Bonchev–Trinajstić information content (AvgIpc) is 2.79. The first-order valence-corrected chi connectivity index (χ1v) is 6.07. The van der Waals surface area contributed by atoms with Gasteiger partial charge in [-0.15, -0.1) is 0 Å². The van der Waals surface area contributed by atoms with Gasteiger partial charge in [-0.2, -0.15) is 4.98 Å². The number of aromatic nitrogens is 2. The van der Waals surface area contributed by atoms with Gasteiger partial charge in [0.25, 0.3) is 0 Å². The predicted octanol–water partition coefficient (Wildman–Crippen LogP) is 2.74. The molecule has 1 heterocycles. The number of rotatable bonds is 5. The van der Waals surface area contributed by atoms with Gasteiger partial charge in [-0.05, 0) is 18.9 Å². The van der Waals surface area contributed by atoms with Crippen molar-refractivity contribution in [2.45, 2.75) is 32.6 Å². The third kappa shape index (κ3) is 2.83. The topological polar surface area (TPSA) is 56.0 Å². The maximum Gasteiger partial charge on any atom is 0.237 e. The fraction of sp³-hybridized carbons (Fsp3) is 0.357. The molecular weight excluding hydrogens is 228 g/mol. The van der Waals surface area contributed by atoms with E-state index in [0.29, 0.717) is 24.6 Å². The Morgan fingerprint density at radius 2 is 2.06 bits per heavy atom. The van der Waals surface area contributed by atoms with Gasteiger partial charge in [-0.3, -0.25) is 4.79 Å². The molecule has 94 valence electrons. The van der Waals surface area contributed by atoms with Gasteiger partial charge in [0.15, 0.2) is 5.82 Å². The number of hydrogen-bond donors (Lipinski definition) is 0. The summed E-state index contributed by atoms with van der Waals surface area (Å²) in [5, 5.41) is 3.92. The quantitative estimate of drug-likeness (QED) is 0.811. The third-order valence-electron chi connectivity index (χ3n) is 2.89. The van der Waals surface area contributed by atoms with E-state index in [1.807, 2.05) is 37.3 Å². The maximum atomic E-state index is 11.4. The molecule has 0 saturated heterocycles.